The number of hydrogen-bond donors (Lipinski definition) is 1. The molecule has 0 unspecified atom stereocenters. The van der Waals surface area contributed by atoms with Crippen LogP contribution in [-0.2, 0) is 14.4 Å². The average molecular weight is 899 g/mol. The van der Waals surface area contributed by atoms with Crippen molar-refractivity contribution >= 4 is 69.2 Å². The number of ether oxygens (including phenoxy) is 1. The fourth-order valence-electron chi connectivity index (χ4n) is 8.72. The number of unbranched alkanes of at least 4 members (excludes halogenated alkanes) is 5. The lowest BCUT2D eigenvalue weighted by atomic mass is 10.0. The van der Waals surface area contributed by atoms with E-state index >= 15 is 0 Å². The Labute approximate surface area is 382 Å². The summed E-state index contributed by atoms with van der Waals surface area (Å²) >= 11 is 6.71. The summed E-state index contributed by atoms with van der Waals surface area (Å²) in [7, 11) is -1.90. The molecule has 3 amide bonds. The fourth-order valence-corrected chi connectivity index (χ4v) is 13.4. The van der Waals surface area contributed by atoms with Crippen LogP contribution in [0.5, 0.6) is 5.75 Å². The molecule has 1 aliphatic rings. The van der Waals surface area contributed by atoms with Crippen molar-refractivity contribution in [2.75, 3.05) is 37.7 Å². The molecule has 1 aliphatic heterocycles. The zero-order chi connectivity index (χ0) is 44.9. The van der Waals surface area contributed by atoms with Gasteiger partial charge in [0.2, 0.25) is 11.8 Å². The van der Waals surface area contributed by atoms with Gasteiger partial charge in [0.15, 0.2) is 6.10 Å². The molecular formula is C53H58ClN3O6P+. The van der Waals surface area contributed by atoms with Gasteiger partial charge in [0, 0.05) is 73.4 Å². The number of carbonyl (C=O) groups excluding carboxylic acids is 3. The molecule has 7 rings (SSSR count). The summed E-state index contributed by atoms with van der Waals surface area (Å²) < 4.78 is 11.7. The minimum Gasteiger partial charge on any atom is -0.481 e. The highest BCUT2D eigenvalue weighted by molar-refractivity contribution is 7.95. The Morgan fingerprint density at radius 2 is 1.28 bits per heavy atom. The first-order valence-corrected chi connectivity index (χ1v) is 25.0. The smallest absolute Gasteiger partial charge is 0.336 e. The second kappa shape index (κ2) is 22.2. The Hall–Kier alpha value is -5.76. The van der Waals surface area contributed by atoms with E-state index in [-0.39, 0.29) is 23.3 Å². The standard InChI is InChI=1S/C53H57ClN3O6P/c1-3-4-5-16-25-50(58)55-40-27-29-45(48(54)36-40)47-38-52(60)63-49-37-41(28-30-46(47)49)62-39(2)53(61)57-33-31-56(32-34-57)51(59)26-17-9-18-35-64(42-19-10-6-11-20-42,43-21-12-7-13-22-43)44-23-14-8-15-24-44/h6-8,10-15,19-24,27-30,36-39H,3-5,9,16-18,25-26,31-35H2,1-2H3/p+1/t39-/m1/s1. The Kier molecular flexibility index (Phi) is 16.1. The lowest BCUT2D eigenvalue weighted by Crippen LogP contribution is -2.53. The first-order chi connectivity index (χ1) is 31.2. The van der Waals surface area contributed by atoms with Crippen LogP contribution in [0.1, 0.15) is 71.6 Å². The van der Waals surface area contributed by atoms with Crippen molar-refractivity contribution < 1.29 is 23.5 Å². The fraction of sp³-hybridized carbons (Fsp3) is 0.321. The van der Waals surface area contributed by atoms with Crippen molar-refractivity contribution in [2.24, 2.45) is 0 Å². The molecule has 6 aromatic rings. The topological polar surface area (TPSA) is 109 Å². The molecule has 5 aromatic carbocycles. The van der Waals surface area contributed by atoms with Crippen LogP contribution >= 0.6 is 18.9 Å². The Bertz CT molecular complexity index is 2470. The Morgan fingerprint density at radius 3 is 1.89 bits per heavy atom. The first-order valence-electron chi connectivity index (χ1n) is 22.6. The van der Waals surface area contributed by atoms with Gasteiger partial charge in [0.25, 0.3) is 5.91 Å². The van der Waals surface area contributed by atoms with Crippen LogP contribution in [0.3, 0.4) is 0 Å². The molecule has 0 radical (unpaired) electrons. The largest absolute Gasteiger partial charge is 0.481 e. The number of halogens is 1. The van der Waals surface area contributed by atoms with E-state index in [0.717, 1.165) is 51.1 Å². The molecule has 0 spiro atoms. The van der Waals surface area contributed by atoms with Gasteiger partial charge < -0.3 is 24.3 Å². The van der Waals surface area contributed by atoms with E-state index < -0.39 is 19.0 Å². The van der Waals surface area contributed by atoms with Gasteiger partial charge in [-0.05, 0) is 93.3 Å². The van der Waals surface area contributed by atoms with Crippen molar-refractivity contribution in [3.63, 3.8) is 0 Å². The van der Waals surface area contributed by atoms with Gasteiger partial charge in [-0.15, -0.1) is 0 Å². The zero-order valence-corrected chi connectivity index (χ0v) is 38.5. The van der Waals surface area contributed by atoms with Gasteiger partial charge >= 0.3 is 5.63 Å². The number of hydrogen-bond acceptors (Lipinski definition) is 6. The molecule has 1 saturated heterocycles. The number of amides is 3. The number of anilines is 1. The van der Waals surface area contributed by atoms with E-state index in [9.17, 15) is 19.2 Å². The van der Waals surface area contributed by atoms with Gasteiger partial charge in [0.05, 0.1) is 11.2 Å². The van der Waals surface area contributed by atoms with Crippen molar-refractivity contribution in [1.82, 2.24) is 9.80 Å². The summed E-state index contributed by atoms with van der Waals surface area (Å²) in [6.45, 7) is 5.63. The second-order valence-electron chi connectivity index (χ2n) is 16.5. The van der Waals surface area contributed by atoms with E-state index in [1.54, 1.807) is 48.2 Å². The van der Waals surface area contributed by atoms with Crippen LogP contribution < -0.4 is 31.6 Å². The van der Waals surface area contributed by atoms with Gasteiger partial charge in [-0.25, -0.2) is 4.79 Å². The lowest BCUT2D eigenvalue weighted by Gasteiger charge is -2.36. The molecule has 64 heavy (non-hydrogen) atoms. The highest BCUT2D eigenvalue weighted by atomic mass is 35.5. The Morgan fingerprint density at radius 1 is 0.688 bits per heavy atom. The van der Waals surface area contributed by atoms with Crippen LogP contribution in [0.4, 0.5) is 5.69 Å². The van der Waals surface area contributed by atoms with Crippen molar-refractivity contribution in [3.8, 4) is 16.9 Å². The third kappa shape index (κ3) is 11.3. The van der Waals surface area contributed by atoms with Crippen molar-refractivity contribution in [2.45, 2.75) is 77.7 Å². The van der Waals surface area contributed by atoms with Crippen LogP contribution in [0.25, 0.3) is 22.1 Å². The second-order valence-corrected chi connectivity index (χ2v) is 20.5. The predicted molar refractivity (Wildman–Crippen MR) is 262 cm³/mol. The predicted octanol–water partition coefficient (Wildman–Crippen LogP) is 10.0. The molecule has 0 bridgehead atoms. The SMILES string of the molecule is CCCCCCC(=O)Nc1ccc(-c2cc(=O)oc3cc(O[C@H](C)C(=O)N4CCN(C(=O)CCCCC[P+](c5ccccc5)(c5ccccc5)c5ccccc5)CC4)ccc23)c(Cl)c1. The third-order valence-corrected chi connectivity index (χ3v) is 16.9. The van der Waals surface area contributed by atoms with Crippen LogP contribution in [0, 0.1) is 0 Å². The summed E-state index contributed by atoms with van der Waals surface area (Å²) in [5.74, 6) is 0.262. The zero-order valence-electron chi connectivity index (χ0n) is 36.8. The van der Waals surface area contributed by atoms with Crippen molar-refractivity contribution in [3.05, 3.63) is 149 Å². The third-order valence-electron chi connectivity index (χ3n) is 12.1. The number of fused-ring (bicyclic) bond motifs is 1. The summed E-state index contributed by atoms with van der Waals surface area (Å²) in [6.07, 6.45) is 7.98. The van der Waals surface area contributed by atoms with Crippen LogP contribution in [0.2, 0.25) is 5.02 Å². The summed E-state index contributed by atoms with van der Waals surface area (Å²) in [5.41, 5.74) is 1.50. The minimum absolute atomic E-state index is 0.0634. The highest BCUT2D eigenvalue weighted by Gasteiger charge is 2.44. The summed E-state index contributed by atoms with van der Waals surface area (Å²) in [5, 5.41) is 8.04. The number of piperazine rings is 1. The normalized spacial score (nSPS) is 13.4. The number of rotatable bonds is 19. The maximum Gasteiger partial charge on any atom is 0.336 e. The van der Waals surface area contributed by atoms with E-state index in [4.69, 9.17) is 20.8 Å². The minimum atomic E-state index is -1.90. The maximum absolute atomic E-state index is 13.6. The molecule has 0 aliphatic carbocycles. The van der Waals surface area contributed by atoms with E-state index in [0.29, 0.717) is 72.0 Å². The summed E-state index contributed by atoms with van der Waals surface area (Å²) in [6, 6.07) is 44.4. The molecule has 0 saturated carbocycles. The van der Waals surface area contributed by atoms with Crippen LogP contribution in [-0.4, -0.2) is 66.0 Å². The lowest BCUT2D eigenvalue weighted by molar-refractivity contribution is -0.143. The average Bonchev–Trinajstić information content (AvgIpc) is 3.32. The first kappa shape index (κ1) is 46.2. The van der Waals surface area contributed by atoms with Gasteiger partial charge in [-0.3, -0.25) is 14.4 Å². The molecule has 1 aromatic heterocycles. The molecule has 9 nitrogen and oxygen atoms in total. The molecule has 1 fully saturated rings. The molecule has 1 N–H and O–H groups in total. The van der Waals surface area contributed by atoms with Crippen molar-refractivity contribution in [1.29, 1.82) is 0 Å². The molecule has 332 valence electrons. The number of nitrogens with one attached hydrogen (secondary N) is 1. The quantitative estimate of drug-likeness (QED) is 0.0493. The molecule has 2 heterocycles. The highest BCUT2D eigenvalue weighted by Crippen LogP contribution is 2.56. The van der Waals surface area contributed by atoms with Crippen LogP contribution in [0.15, 0.2) is 143 Å². The number of benzene rings is 5. The van der Waals surface area contributed by atoms with E-state index in [1.165, 1.54) is 22.0 Å². The Balaban J connectivity index is 0.902. The van der Waals surface area contributed by atoms with E-state index in [1.807, 2.05) is 4.90 Å². The number of nitrogens with zero attached hydrogens (tertiary/aromatic N) is 2. The van der Waals surface area contributed by atoms with Gasteiger partial charge in [-0.1, -0.05) is 98.5 Å². The van der Waals surface area contributed by atoms with Gasteiger partial charge in [0.1, 0.15) is 34.5 Å². The van der Waals surface area contributed by atoms with E-state index in [2.05, 4.69) is 103 Å². The maximum atomic E-state index is 13.6. The monoisotopic (exact) mass is 898 g/mol. The van der Waals surface area contributed by atoms with Gasteiger partial charge in [-0.2, -0.15) is 0 Å². The molecule has 1 atom stereocenters. The molecular weight excluding hydrogens is 841 g/mol. The summed E-state index contributed by atoms with van der Waals surface area (Å²) in [4.78, 5) is 55.8. The molecule has 11 heteroatoms. The number of carbonyl (C=O) groups is 3.